The van der Waals surface area contributed by atoms with E-state index >= 15 is 0 Å². The lowest BCUT2D eigenvalue weighted by Crippen LogP contribution is -2.70. The Labute approximate surface area is 496 Å². The average Bonchev–Trinajstić information content (AvgIpc) is 1.79. The molecule has 0 aromatic rings. The minimum absolute atomic E-state index is 0.0524. The summed E-state index contributed by atoms with van der Waals surface area (Å²) in [5.74, 6) is -2.61. The van der Waals surface area contributed by atoms with Gasteiger partial charge < -0.3 is 114 Å². The summed E-state index contributed by atoms with van der Waals surface area (Å²) in [6.07, 6.45) is -35.8. The highest BCUT2D eigenvalue weighted by Crippen LogP contribution is 2.67. The molecule has 85 heavy (non-hydrogen) atoms. The molecule has 0 radical (unpaired) electrons. The van der Waals surface area contributed by atoms with Crippen molar-refractivity contribution in [1.29, 1.82) is 0 Å². The molecule has 14 N–H and O–H groups in total. The second kappa shape index (κ2) is 26.0. The van der Waals surface area contributed by atoms with Crippen molar-refractivity contribution in [2.45, 2.75) is 299 Å². The Morgan fingerprint density at radius 1 is 0.576 bits per heavy atom. The van der Waals surface area contributed by atoms with E-state index in [9.17, 15) is 79.4 Å². The van der Waals surface area contributed by atoms with Crippen LogP contribution < -0.4 is 0 Å². The lowest BCUT2D eigenvalue weighted by Gasteiger charge is -2.60. The van der Waals surface area contributed by atoms with E-state index in [0.29, 0.717) is 37.5 Å². The lowest BCUT2D eigenvalue weighted by molar-refractivity contribution is -0.432. The van der Waals surface area contributed by atoms with Crippen molar-refractivity contribution in [3.8, 4) is 0 Å². The number of aliphatic hydroxyl groups is 13. The Hall–Kier alpha value is -1.31. The van der Waals surface area contributed by atoms with Gasteiger partial charge in [0.1, 0.15) is 91.6 Å². The second-order valence-corrected chi connectivity index (χ2v) is 28.2. The molecule has 9 aliphatic rings. The third-order valence-electron chi connectivity index (χ3n) is 20.9. The minimum Gasteiger partial charge on any atom is -0.393 e. The highest BCUT2D eigenvalue weighted by atomic mass is 32.3. The first-order chi connectivity index (χ1) is 39.6. The van der Waals surface area contributed by atoms with Crippen LogP contribution in [-0.4, -0.2) is 251 Å². The van der Waals surface area contributed by atoms with Crippen LogP contribution >= 0.6 is 0 Å². The fourth-order valence-corrected chi connectivity index (χ4v) is 16.7. The van der Waals surface area contributed by atoms with E-state index in [1.165, 1.54) is 40.2 Å². The summed E-state index contributed by atoms with van der Waals surface area (Å²) in [6, 6.07) is 0. The predicted molar refractivity (Wildman–Crippen MR) is 290 cm³/mol. The van der Waals surface area contributed by atoms with Crippen molar-refractivity contribution in [1.82, 2.24) is 0 Å². The van der Waals surface area contributed by atoms with Crippen LogP contribution in [-0.2, 0) is 62.0 Å². The van der Waals surface area contributed by atoms with Gasteiger partial charge in [-0.15, -0.1) is 0 Å². The average molecular weight is 1250 g/mol. The molecule has 0 amide bonds. The van der Waals surface area contributed by atoms with Crippen LogP contribution in [0.5, 0.6) is 0 Å². The molecule has 34 atom stereocenters. The fraction of sp³-hybridized carbons (Fsp3) is 0.965. The highest BCUT2D eigenvalue weighted by molar-refractivity contribution is 7.80. The summed E-state index contributed by atoms with van der Waals surface area (Å²) in [5.41, 5.74) is 0.451. The highest BCUT2D eigenvalue weighted by Gasteiger charge is 2.64. The molecule has 3 saturated carbocycles. The first kappa shape index (κ1) is 68.1. The number of hydrogen-bond acceptors (Lipinski definition) is 26. The molecule has 0 spiro atoms. The number of ether oxygens (including phenoxy) is 10. The van der Waals surface area contributed by atoms with Gasteiger partial charge in [0, 0.05) is 0 Å². The molecule has 21 unspecified atom stereocenters. The first-order valence-electron chi connectivity index (χ1n) is 30.4. The zero-order valence-corrected chi connectivity index (χ0v) is 50.8. The standard InChI is InChI=1S/C57H96O27S/c1-21(2)17-28(58)18-22(3)31-11-12-32-30-20-35(34-19-29(84-85(71,72)73)13-15-56(34,10)33(30)14-16-55(31,32)9)79-52-45(68)49(57(69,70)27(8)78-52)83-54-48(82-51-43(66)40(63)37(60)24(5)75-51)44(67)46(26(7)77-54)80-53-47(41(64)38(61)25(6)76-53)81-50-42(65)39(62)36(59)23(4)74-50/h14,21-32,34-54,58-70H,11-13,15-20H2,1-10H3,(H,71,72,73)/t22-,23?,24?,25?,26?,27?,28?,29?,30?,31-,32?,34?,35?,36+,37-,38+,39?,40?,41?,42?,43?,44?,45?,46-,47?,48?,49?,50+,51+,52+,53+,54+,55-,56-/m1/s1. The summed E-state index contributed by atoms with van der Waals surface area (Å²) >= 11 is 0. The van der Waals surface area contributed by atoms with Crippen LogP contribution in [0.15, 0.2) is 11.6 Å². The third-order valence-corrected chi connectivity index (χ3v) is 21.5. The summed E-state index contributed by atoms with van der Waals surface area (Å²) in [7, 11) is -4.88. The second-order valence-electron chi connectivity index (χ2n) is 27.1. The van der Waals surface area contributed by atoms with E-state index in [1.54, 1.807) is 0 Å². The monoisotopic (exact) mass is 1240 g/mol. The van der Waals surface area contributed by atoms with Gasteiger partial charge >= 0.3 is 10.4 Å². The predicted octanol–water partition coefficient (Wildman–Crippen LogP) is -1.26. The van der Waals surface area contributed by atoms with E-state index in [1.807, 2.05) is 0 Å². The van der Waals surface area contributed by atoms with Crippen LogP contribution in [0.3, 0.4) is 0 Å². The van der Waals surface area contributed by atoms with Gasteiger partial charge in [-0.1, -0.05) is 46.3 Å². The lowest BCUT2D eigenvalue weighted by atomic mass is 9.47. The van der Waals surface area contributed by atoms with Crippen LogP contribution in [0.4, 0.5) is 0 Å². The smallest absolute Gasteiger partial charge is 0.393 e. The quantitative estimate of drug-likeness (QED) is 0.0459. The van der Waals surface area contributed by atoms with Crippen molar-refractivity contribution in [2.75, 3.05) is 0 Å². The van der Waals surface area contributed by atoms with E-state index in [4.69, 9.17) is 51.6 Å². The Morgan fingerprint density at radius 3 is 1.67 bits per heavy atom. The fourth-order valence-electron chi connectivity index (χ4n) is 16.2. The Kier molecular flexibility index (Phi) is 20.8. The van der Waals surface area contributed by atoms with Gasteiger partial charge in [-0.2, -0.15) is 8.42 Å². The maximum absolute atomic E-state index is 12.5. The SMILES string of the molecule is CC(C)CC(O)C[C@@H](C)[C@H]1CCC2C3CC(O[C@@H]4OC(C)C(O)(O)C(O[C@@H]5OC(C)[C@@H](O[C@@H]6OC(C)[C@H](O)C(O)C6O[C@@H]6OC(C)[C@H](O)C(O)C6O)C(O)C5O[C@@H]5OC(C)[C@@H](O)C(O)C5O)C4O)C4CC(OS(=O)(=O)O)CC[C@]4(C)C3=CC[C@@]21C. The van der Waals surface area contributed by atoms with Gasteiger partial charge in [-0.3, -0.25) is 4.55 Å². The van der Waals surface area contributed by atoms with Crippen LogP contribution in [0.2, 0.25) is 0 Å². The van der Waals surface area contributed by atoms with Gasteiger partial charge in [0.2, 0.25) is 5.79 Å². The number of rotatable bonds is 17. The zero-order valence-electron chi connectivity index (χ0n) is 50.0. The largest absolute Gasteiger partial charge is 0.397 e. The van der Waals surface area contributed by atoms with Gasteiger partial charge in [-0.05, 0) is 139 Å². The summed E-state index contributed by atoms with van der Waals surface area (Å²) in [5, 5.41) is 147. The van der Waals surface area contributed by atoms with Gasteiger partial charge in [0.15, 0.2) is 31.5 Å². The molecule has 28 heteroatoms. The molecular weight excluding hydrogens is 1150 g/mol. The summed E-state index contributed by atoms with van der Waals surface area (Å²) in [6.45, 7) is 17.7. The molecule has 9 rings (SSSR count). The summed E-state index contributed by atoms with van der Waals surface area (Å²) < 4.78 is 101. The van der Waals surface area contributed by atoms with Crippen molar-refractivity contribution in [2.24, 2.45) is 46.3 Å². The van der Waals surface area contributed by atoms with Crippen molar-refractivity contribution >= 4 is 10.4 Å². The molecule has 5 heterocycles. The maximum Gasteiger partial charge on any atom is 0.397 e. The van der Waals surface area contributed by atoms with Gasteiger partial charge in [-0.25, -0.2) is 4.18 Å². The van der Waals surface area contributed by atoms with E-state index in [0.717, 1.165) is 19.3 Å². The Balaban J connectivity index is 0.999. The maximum atomic E-state index is 12.5. The molecule has 4 aliphatic carbocycles. The summed E-state index contributed by atoms with van der Waals surface area (Å²) in [4.78, 5) is 0. The van der Waals surface area contributed by atoms with Crippen LogP contribution in [0, 0.1) is 46.3 Å². The van der Waals surface area contributed by atoms with Gasteiger partial charge in [0.25, 0.3) is 0 Å². The molecular formula is C57H96O27S. The number of fused-ring (bicyclic) bond motifs is 5. The Bertz CT molecular complexity index is 2390. The van der Waals surface area contributed by atoms with E-state index in [-0.39, 0.29) is 36.0 Å². The topological polar surface area (TPSA) is 419 Å². The molecule has 8 fully saturated rings. The number of hydrogen-bond donors (Lipinski definition) is 14. The van der Waals surface area contributed by atoms with Crippen molar-refractivity contribution < 1.29 is 131 Å². The molecule has 0 bridgehead atoms. The minimum atomic E-state index is -4.88. The molecule has 492 valence electrons. The Morgan fingerprint density at radius 2 is 1.09 bits per heavy atom. The molecule has 5 saturated heterocycles. The molecule has 0 aromatic heterocycles. The molecule has 5 aliphatic heterocycles. The molecule has 0 aromatic carbocycles. The molecule has 27 nitrogen and oxygen atoms in total. The number of allylic oxidation sites excluding steroid dienone is 2. The normalized spacial score (nSPS) is 51.9. The third kappa shape index (κ3) is 13.4. The van der Waals surface area contributed by atoms with Crippen LogP contribution in [0.1, 0.15) is 127 Å². The zero-order chi connectivity index (χ0) is 62.5. The van der Waals surface area contributed by atoms with Crippen LogP contribution in [0.25, 0.3) is 0 Å². The van der Waals surface area contributed by atoms with E-state index in [2.05, 4.69) is 40.7 Å². The van der Waals surface area contributed by atoms with Gasteiger partial charge in [0.05, 0.1) is 42.7 Å². The van der Waals surface area contributed by atoms with E-state index < -0.39 is 193 Å². The first-order valence-corrected chi connectivity index (χ1v) is 31.8. The number of aliphatic hydroxyl groups excluding tert-OH is 11. The van der Waals surface area contributed by atoms with Crippen molar-refractivity contribution in [3.63, 3.8) is 0 Å². The van der Waals surface area contributed by atoms with Crippen molar-refractivity contribution in [3.05, 3.63) is 11.6 Å².